The zero-order chi connectivity index (χ0) is 31.1. The molecule has 4 heteroatoms. The predicted molar refractivity (Wildman–Crippen MR) is 197 cm³/mol. The van der Waals surface area contributed by atoms with Crippen LogP contribution in [0.2, 0.25) is 0 Å². The molecule has 0 bridgehead atoms. The first-order valence-electron chi connectivity index (χ1n) is 16.2. The van der Waals surface area contributed by atoms with E-state index >= 15 is 0 Å². The van der Waals surface area contributed by atoms with Gasteiger partial charge in [0.2, 0.25) is 0 Å². The first-order valence-corrected chi connectivity index (χ1v) is 16.2. The third kappa shape index (κ3) is 3.76. The molecule has 1 aromatic heterocycles. The van der Waals surface area contributed by atoms with E-state index < -0.39 is 0 Å². The molecule has 0 amide bonds. The van der Waals surface area contributed by atoms with E-state index in [4.69, 9.17) is 4.74 Å². The smallest absolute Gasteiger partial charge is 0.256 e. The van der Waals surface area contributed by atoms with Gasteiger partial charge in [0.25, 0.3) is 6.71 Å². The van der Waals surface area contributed by atoms with E-state index in [2.05, 4.69) is 174 Å². The maximum absolute atomic E-state index is 6.84. The fraction of sp³-hybridized carbons (Fsp3) is 0.0233. The van der Waals surface area contributed by atoms with Gasteiger partial charge in [0.1, 0.15) is 11.5 Å². The van der Waals surface area contributed by atoms with Gasteiger partial charge < -0.3 is 14.2 Å². The Labute approximate surface area is 274 Å². The molecule has 220 valence electrons. The van der Waals surface area contributed by atoms with Crippen LogP contribution in [-0.2, 0) is 0 Å². The number of ether oxygens (including phenoxy) is 1. The average Bonchev–Trinajstić information content (AvgIpc) is 3.48. The van der Waals surface area contributed by atoms with Crippen molar-refractivity contribution in [3.63, 3.8) is 0 Å². The zero-order valence-corrected chi connectivity index (χ0v) is 25.9. The van der Waals surface area contributed by atoms with Crippen molar-refractivity contribution < 1.29 is 4.74 Å². The minimum absolute atomic E-state index is 0.101. The SMILES string of the molecule is CN1c2ccccc2B2c3ccccc3Oc3cc(-n4c5c(-c6ccccc6)cccc5c5cccc(-c6ccccc6)c54)cc1c32. The second kappa shape index (κ2) is 10.0. The molecule has 0 spiro atoms. The number of nitrogens with zero attached hydrogens (tertiary/aromatic N) is 2. The summed E-state index contributed by atoms with van der Waals surface area (Å²) in [5, 5.41) is 2.46. The fourth-order valence-corrected chi connectivity index (χ4v) is 8.03. The molecule has 0 atom stereocenters. The quantitative estimate of drug-likeness (QED) is 0.189. The molecule has 0 aliphatic carbocycles. The number of anilines is 2. The molecular weight excluding hydrogens is 571 g/mol. The van der Waals surface area contributed by atoms with E-state index in [9.17, 15) is 0 Å². The second-order valence-corrected chi connectivity index (χ2v) is 12.5. The minimum atomic E-state index is 0.101. The van der Waals surface area contributed by atoms with E-state index in [1.165, 1.54) is 71.8 Å². The maximum Gasteiger partial charge on any atom is 0.256 e. The van der Waals surface area contributed by atoms with Crippen LogP contribution in [0.3, 0.4) is 0 Å². The summed E-state index contributed by atoms with van der Waals surface area (Å²) >= 11 is 0. The zero-order valence-electron chi connectivity index (χ0n) is 25.9. The number of hydrogen-bond donors (Lipinski definition) is 0. The van der Waals surface area contributed by atoms with Crippen LogP contribution in [0, 0.1) is 0 Å². The summed E-state index contributed by atoms with van der Waals surface area (Å²) in [5.74, 6) is 1.83. The van der Waals surface area contributed by atoms with E-state index in [1.54, 1.807) is 0 Å². The van der Waals surface area contributed by atoms with Gasteiger partial charge in [-0.2, -0.15) is 0 Å². The molecular formula is C43H29BN2O. The third-order valence-electron chi connectivity index (χ3n) is 10.1. The largest absolute Gasteiger partial charge is 0.458 e. The highest BCUT2D eigenvalue weighted by atomic mass is 16.5. The minimum Gasteiger partial charge on any atom is -0.458 e. The Morgan fingerprint density at radius 2 is 1.06 bits per heavy atom. The Morgan fingerprint density at radius 1 is 0.489 bits per heavy atom. The number of rotatable bonds is 3. The van der Waals surface area contributed by atoms with E-state index in [0.29, 0.717) is 0 Å². The summed E-state index contributed by atoms with van der Waals surface area (Å²) in [6, 6.07) is 56.9. The van der Waals surface area contributed by atoms with Crippen LogP contribution < -0.4 is 26.0 Å². The molecule has 0 saturated carbocycles. The van der Waals surface area contributed by atoms with Gasteiger partial charge in [-0.25, -0.2) is 0 Å². The van der Waals surface area contributed by atoms with Crippen molar-refractivity contribution in [2.75, 3.05) is 11.9 Å². The molecule has 3 heterocycles. The summed E-state index contributed by atoms with van der Waals surface area (Å²) in [6.07, 6.45) is 0. The summed E-state index contributed by atoms with van der Waals surface area (Å²) < 4.78 is 9.33. The highest BCUT2D eigenvalue weighted by Gasteiger charge is 2.40. The molecule has 7 aromatic carbocycles. The lowest BCUT2D eigenvalue weighted by atomic mass is 9.34. The molecule has 0 unspecified atom stereocenters. The molecule has 0 fully saturated rings. The molecule has 8 aromatic rings. The van der Waals surface area contributed by atoms with Crippen molar-refractivity contribution in [2.24, 2.45) is 0 Å². The third-order valence-corrected chi connectivity index (χ3v) is 10.1. The van der Waals surface area contributed by atoms with Crippen LogP contribution in [0.25, 0.3) is 49.7 Å². The molecule has 10 rings (SSSR count). The summed E-state index contributed by atoms with van der Waals surface area (Å²) in [7, 11) is 2.19. The lowest BCUT2D eigenvalue weighted by molar-refractivity contribution is 0.487. The van der Waals surface area contributed by atoms with Crippen LogP contribution in [0.1, 0.15) is 0 Å². The molecule has 0 saturated heterocycles. The van der Waals surface area contributed by atoms with Crippen LogP contribution in [0.4, 0.5) is 11.4 Å². The molecule has 3 nitrogen and oxygen atoms in total. The second-order valence-electron chi connectivity index (χ2n) is 12.5. The van der Waals surface area contributed by atoms with Gasteiger partial charge in [0.05, 0.1) is 16.7 Å². The fourth-order valence-electron chi connectivity index (χ4n) is 8.03. The van der Waals surface area contributed by atoms with Crippen LogP contribution in [0.5, 0.6) is 11.5 Å². The summed E-state index contributed by atoms with van der Waals surface area (Å²) in [6.45, 7) is 0.101. The van der Waals surface area contributed by atoms with E-state index in [-0.39, 0.29) is 6.71 Å². The lowest BCUT2D eigenvalue weighted by Crippen LogP contribution is -2.59. The summed E-state index contributed by atoms with van der Waals surface area (Å²) in [5.41, 5.74) is 14.4. The van der Waals surface area contributed by atoms with Crippen LogP contribution in [0.15, 0.2) is 158 Å². The van der Waals surface area contributed by atoms with Gasteiger partial charge in [0, 0.05) is 46.4 Å². The monoisotopic (exact) mass is 600 g/mol. The van der Waals surface area contributed by atoms with Gasteiger partial charge >= 0.3 is 0 Å². The number of benzene rings is 7. The van der Waals surface area contributed by atoms with Crippen molar-refractivity contribution in [2.45, 2.75) is 0 Å². The number of aromatic nitrogens is 1. The molecule has 0 N–H and O–H groups in total. The number of para-hydroxylation sites is 4. The van der Waals surface area contributed by atoms with Gasteiger partial charge in [-0.1, -0.05) is 133 Å². The molecule has 2 aliphatic rings. The van der Waals surface area contributed by atoms with E-state index in [0.717, 1.165) is 17.2 Å². The Bertz CT molecular complexity index is 2420. The molecule has 0 radical (unpaired) electrons. The number of fused-ring (bicyclic) bond motifs is 7. The summed E-state index contributed by atoms with van der Waals surface area (Å²) in [4.78, 5) is 2.34. The molecule has 2 aliphatic heterocycles. The topological polar surface area (TPSA) is 17.4 Å². The van der Waals surface area contributed by atoms with E-state index in [1.807, 2.05) is 0 Å². The van der Waals surface area contributed by atoms with Crippen molar-refractivity contribution in [1.82, 2.24) is 4.57 Å². The maximum atomic E-state index is 6.84. The van der Waals surface area contributed by atoms with Crippen molar-refractivity contribution in [1.29, 1.82) is 0 Å². The van der Waals surface area contributed by atoms with Crippen molar-refractivity contribution in [3.8, 4) is 39.4 Å². The van der Waals surface area contributed by atoms with Crippen LogP contribution in [-0.4, -0.2) is 18.3 Å². The first kappa shape index (κ1) is 26.2. The van der Waals surface area contributed by atoms with Crippen molar-refractivity contribution in [3.05, 3.63) is 158 Å². The van der Waals surface area contributed by atoms with Crippen molar-refractivity contribution >= 4 is 56.3 Å². The lowest BCUT2D eigenvalue weighted by Gasteiger charge is -2.38. The standard InChI is InChI=1S/C43H29BN2O/c1-45-37-24-10-8-22-35(37)44-36-23-9-11-25-39(36)47-40-27-30(26-38(45)41(40)44)46-42-31(28-14-4-2-5-15-28)18-12-20-33(42)34-21-13-19-32(43(34)46)29-16-6-3-7-17-29/h2-27H,1H3. The van der Waals surface area contributed by atoms with Gasteiger partial charge in [-0.3, -0.25) is 0 Å². The normalized spacial score (nSPS) is 12.9. The highest BCUT2D eigenvalue weighted by Crippen LogP contribution is 2.44. The average molecular weight is 601 g/mol. The van der Waals surface area contributed by atoms with Gasteiger partial charge in [-0.15, -0.1) is 0 Å². The van der Waals surface area contributed by atoms with Gasteiger partial charge in [0.15, 0.2) is 0 Å². The Morgan fingerprint density at radius 3 is 1.72 bits per heavy atom. The highest BCUT2D eigenvalue weighted by molar-refractivity contribution is 6.99. The molecule has 47 heavy (non-hydrogen) atoms. The Kier molecular flexibility index (Phi) is 5.59. The van der Waals surface area contributed by atoms with Crippen LogP contribution >= 0.6 is 0 Å². The van der Waals surface area contributed by atoms with Gasteiger partial charge in [-0.05, 0) is 45.7 Å². The Balaban J connectivity index is 1.35. The number of hydrogen-bond acceptors (Lipinski definition) is 2. The first-order chi connectivity index (χ1) is 23.3. The Hall–Kier alpha value is -6.00. The predicted octanol–water partition coefficient (Wildman–Crippen LogP) is 8.82.